The second kappa shape index (κ2) is 7.29. The number of nitrogens with one attached hydrogen (secondary N) is 1. The molecule has 1 aliphatic carbocycles. The first-order valence-electron chi connectivity index (χ1n) is 7.44. The fourth-order valence-electron chi connectivity index (χ4n) is 2.62. The topological polar surface area (TPSA) is 64.3 Å². The highest BCUT2D eigenvalue weighted by Gasteiger charge is 2.16. The number of hydrogen-bond acceptors (Lipinski definition) is 4. The Morgan fingerprint density at radius 1 is 1.30 bits per heavy atom. The van der Waals surface area contributed by atoms with Gasteiger partial charge in [0.1, 0.15) is 6.61 Å². The van der Waals surface area contributed by atoms with Gasteiger partial charge in [-0.05, 0) is 44.0 Å². The van der Waals surface area contributed by atoms with Crippen LogP contribution in [-0.2, 0) is 4.74 Å². The van der Waals surface area contributed by atoms with E-state index in [2.05, 4.69) is 12.2 Å². The third-order valence-corrected chi connectivity index (χ3v) is 3.74. The van der Waals surface area contributed by atoms with Crippen molar-refractivity contribution in [3.63, 3.8) is 0 Å². The lowest BCUT2D eigenvalue weighted by atomic mass is 9.95. The van der Waals surface area contributed by atoms with E-state index in [0.717, 1.165) is 0 Å². The number of anilines is 1. The van der Waals surface area contributed by atoms with Crippen LogP contribution in [0.5, 0.6) is 0 Å². The number of esters is 1. The van der Waals surface area contributed by atoms with Crippen LogP contribution in [0.4, 0.5) is 5.69 Å². The summed E-state index contributed by atoms with van der Waals surface area (Å²) in [5.41, 5.74) is 6.78. The van der Waals surface area contributed by atoms with Crippen molar-refractivity contribution in [2.75, 3.05) is 12.3 Å². The van der Waals surface area contributed by atoms with Crippen molar-refractivity contribution >= 4 is 11.7 Å². The van der Waals surface area contributed by atoms with Crippen LogP contribution in [0.1, 0.15) is 49.4 Å². The first-order chi connectivity index (χ1) is 9.65. The Kier molecular flexibility index (Phi) is 5.41. The molecule has 0 spiro atoms. The number of carbonyl (C=O) groups excluding carboxylic acids is 1. The van der Waals surface area contributed by atoms with Gasteiger partial charge in [0.15, 0.2) is 0 Å². The first-order valence-corrected chi connectivity index (χ1v) is 7.44. The summed E-state index contributed by atoms with van der Waals surface area (Å²) in [6, 6.07) is 7.57. The minimum absolute atomic E-state index is 0.191. The molecule has 0 radical (unpaired) electrons. The van der Waals surface area contributed by atoms with Crippen molar-refractivity contribution in [3.05, 3.63) is 29.8 Å². The second-order valence-corrected chi connectivity index (χ2v) is 5.62. The highest BCUT2D eigenvalue weighted by molar-refractivity contribution is 5.89. The number of rotatable bonds is 5. The molecule has 1 aromatic rings. The van der Waals surface area contributed by atoms with E-state index in [9.17, 15) is 4.79 Å². The smallest absolute Gasteiger partial charge is 0.338 e. The number of hydrogen-bond donors (Lipinski definition) is 2. The molecule has 0 amide bonds. The van der Waals surface area contributed by atoms with E-state index in [4.69, 9.17) is 10.5 Å². The lowest BCUT2D eigenvalue weighted by Gasteiger charge is -2.26. The normalized spacial score (nSPS) is 17.6. The van der Waals surface area contributed by atoms with Gasteiger partial charge in [0.05, 0.1) is 5.56 Å². The number of carbonyl (C=O) groups is 1. The third kappa shape index (κ3) is 4.53. The predicted octanol–water partition coefficient (Wildman–Crippen LogP) is 2.74. The molecule has 0 aliphatic heterocycles. The molecular weight excluding hydrogens is 252 g/mol. The fourth-order valence-corrected chi connectivity index (χ4v) is 2.62. The van der Waals surface area contributed by atoms with Gasteiger partial charge in [0, 0.05) is 17.8 Å². The van der Waals surface area contributed by atoms with Gasteiger partial charge in [-0.25, -0.2) is 4.79 Å². The molecule has 3 N–H and O–H groups in total. The molecule has 0 saturated heterocycles. The molecule has 1 aromatic carbocycles. The molecule has 0 aromatic heterocycles. The Balaban J connectivity index is 1.73. The predicted molar refractivity (Wildman–Crippen MR) is 80.6 cm³/mol. The summed E-state index contributed by atoms with van der Waals surface area (Å²) in [6.45, 7) is 2.46. The third-order valence-electron chi connectivity index (χ3n) is 3.74. The maximum absolute atomic E-state index is 11.9. The van der Waals surface area contributed by atoms with Gasteiger partial charge in [-0.1, -0.05) is 19.3 Å². The molecule has 0 heterocycles. The number of nitrogens with two attached hydrogens (primary N) is 1. The zero-order chi connectivity index (χ0) is 14.4. The number of nitrogen functional groups attached to an aromatic ring is 1. The maximum atomic E-state index is 11.9. The van der Waals surface area contributed by atoms with E-state index in [1.54, 1.807) is 24.3 Å². The van der Waals surface area contributed by atoms with Crippen LogP contribution in [0.15, 0.2) is 24.3 Å². The highest BCUT2D eigenvalue weighted by atomic mass is 16.5. The average molecular weight is 276 g/mol. The molecule has 1 atom stereocenters. The van der Waals surface area contributed by atoms with Crippen molar-refractivity contribution in [1.82, 2.24) is 5.32 Å². The molecule has 20 heavy (non-hydrogen) atoms. The Bertz CT molecular complexity index is 425. The molecule has 4 nitrogen and oxygen atoms in total. The van der Waals surface area contributed by atoms with Gasteiger partial charge in [-0.15, -0.1) is 0 Å². The summed E-state index contributed by atoms with van der Waals surface area (Å²) in [5.74, 6) is -0.290. The fraction of sp³-hybridized carbons (Fsp3) is 0.562. The van der Waals surface area contributed by atoms with Crippen LogP contribution >= 0.6 is 0 Å². The summed E-state index contributed by atoms with van der Waals surface area (Å²) in [6.07, 6.45) is 6.41. The number of benzene rings is 1. The van der Waals surface area contributed by atoms with Crippen molar-refractivity contribution in [1.29, 1.82) is 0 Å². The van der Waals surface area contributed by atoms with Gasteiger partial charge in [0.25, 0.3) is 0 Å². The summed E-state index contributed by atoms with van der Waals surface area (Å²) in [5, 5.41) is 3.54. The molecular formula is C16H24N2O2. The average Bonchev–Trinajstić information content (AvgIpc) is 2.46. The van der Waals surface area contributed by atoms with Gasteiger partial charge in [-0.3, -0.25) is 0 Å². The summed E-state index contributed by atoms with van der Waals surface area (Å²) >= 11 is 0. The van der Waals surface area contributed by atoms with Crippen molar-refractivity contribution in [2.24, 2.45) is 0 Å². The van der Waals surface area contributed by atoms with E-state index in [1.165, 1.54) is 32.1 Å². The minimum Gasteiger partial charge on any atom is -0.460 e. The van der Waals surface area contributed by atoms with Crippen LogP contribution < -0.4 is 11.1 Å². The monoisotopic (exact) mass is 276 g/mol. The van der Waals surface area contributed by atoms with Gasteiger partial charge in [0.2, 0.25) is 0 Å². The second-order valence-electron chi connectivity index (χ2n) is 5.62. The summed E-state index contributed by atoms with van der Waals surface area (Å²) in [4.78, 5) is 11.9. The van der Waals surface area contributed by atoms with E-state index in [0.29, 0.717) is 23.9 Å². The molecule has 1 fully saturated rings. The molecule has 2 rings (SSSR count). The molecule has 0 bridgehead atoms. The Hall–Kier alpha value is -1.55. The molecule has 4 heteroatoms. The summed E-state index contributed by atoms with van der Waals surface area (Å²) < 4.78 is 5.33. The Morgan fingerprint density at radius 2 is 1.95 bits per heavy atom. The first kappa shape index (κ1) is 14.9. The van der Waals surface area contributed by atoms with E-state index in [1.807, 2.05) is 0 Å². The van der Waals surface area contributed by atoms with Crippen molar-refractivity contribution in [2.45, 2.75) is 51.1 Å². The Morgan fingerprint density at radius 3 is 2.60 bits per heavy atom. The van der Waals surface area contributed by atoms with Crippen LogP contribution in [0.2, 0.25) is 0 Å². The minimum atomic E-state index is -0.290. The van der Waals surface area contributed by atoms with Crippen LogP contribution in [0, 0.1) is 0 Å². The maximum Gasteiger partial charge on any atom is 0.338 e. The van der Waals surface area contributed by atoms with Gasteiger partial charge in [-0.2, -0.15) is 0 Å². The lowest BCUT2D eigenvalue weighted by Crippen LogP contribution is -2.40. The van der Waals surface area contributed by atoms with Crippen molar-refractivity contribution in [3.8, 4) is 0 Å². The molecule has 1 saturated carbocycles. The van der Waals surface area contributed by atoms with Crippen LogP contribution in [0.25, 0.3) is 0 Å². The van der Waals surface area contributed by atoms with E-state index in [-0.39, 0.29) is 12.0 Å². The Labute approximate surface area is 120 Å². The highest BCUT2D eigenvalue weighted by Crippen LogP contribution is 2.17. The summed E-state index contributed by atoms with van der Waals surface area (Å²) in [7, 11) is 0. The van der Waals surface area contributed by atoms with Crippen LogP contribution in [-0.4, -0.2) is 24.7 Å². The lowest BCUT2D eigenvalue weighted by molar-refractivity contribution is 0.0464. The SMILES string of the molecule is CC(COC(=O)c1ccc(N)cc1)NC1CCCCC1. The van der Waals surface area contributed by atoms with Gasteiger partial charge >= 0.3 is 5.97 Å². The van der Waals surface area contributed by atoms with E-state index >= 15 is 0 Å². The molecule has 110 valence electrons. The largest absolute Gasteiger partial charge is 0.460 e. The zero-order valence-corrected chi connectivity index (χ0v) is 12.1. The quantitative estimate of drug-likeness (QED) is 0.641. The molecule has 1 aliphatic rings. The number of ether oxygens (including phenoxy) is 1. The van der Waals surface area contributed by atoms with Crippen LogP contribution in [0.3, 0.4) is 0 Å². The zero-order valence-electron chi connectivity index (χ0n) is 12.1. The standard InChI is InChI=1S/C16H24N2O2/c1-12(18-15-5-3-2-4-6-15)11-20-16(19)13-7-9-14(17)10-8-13/h7-10,12,15,18H,2-6,11,17H2,1H3. The van der Waals surface area contributed by atoms with Gasteiger partial charge < -0.3 is 15.8 Å². The van der Waals surface area contributed by atoms with Crippen molar-refractivity contribution < 1.29 is 9.53 Å². The van der Waals surface area contributed by atoms with E-state index < -0.39 is 0 Å². The molecule has 1 unspecified atom stereocenters.